The van der Waals surface area contributed by atoms with Crippen LogP contribution in [0.1, 0.15) is 25.8 Å². The van der Waals surface area contributed by atoms with Crippen molar-refractivity contribution in [3.8, 4) is 0 Å². The maximum Gasteiger partial charge on any atom is 0.326 e. The van der Waals surface area contributed by atoms with Gasteiger partial charge in [0.1, 0.15) is 6.04 Å². The van der Waals surface area contributed by atoms with Gasteiger partial charge in [-0.15, -0.1) is 0 Å². The normalized spacial score (nSPS) is 13.4. The first-order chi connectivity index (χ1) is 9.35. The van der Waals surface area contributed by atoms with Crippen molar-refractivity contribution in [3.05, 3.63) is 28.8 Å². The Morgan fingerprint density at radius 3 is 2.55 bits per heavy atom. The molecule has 5 nitrogen and oxygen atoms in total. The summed E-state index contributed by atoms with van der Waals surface area (Å²) < 4.78 is 0. The Hall–Kier alpha value is -1.75. The van der Waals surface area contributed by atoms with E-state index in [1.54, 1.807) is 25.1 Å². The van der Waals surface area contributed by atoms with Crippen LogP contribution in [-0.2, 0) is 4.79 Å². The maximum absolute atomic E-state index is 11.8. The fraction of sp³-hybridized carbons (Fsp3) is 0.429. The second-order valence-corrected chi connectivity index (χ2v) is 5.17. The minimum Gasteiger partial charge on any atom is -0.480 e. The second kappa shape index (κ2) is 7.14. The highest BCUT2D eigenvalue weighted by molar-refractivity contribution is 6.31. The summed E-state index contributed by atoms with van der Waals surface area (Å²) in [7, 11) is 0. The van der Waals surface area contributed by atoms with Gasteiger partial charge < -0.3 is 15.7 Å². The Kier molecular flexibility index (Phi) is 5.82. The largest absolute Gasteiger partial charge is 0.480 e. The number of hydrogen-bond donors (Lipinski definition) is 3. The molecule has 110 valence electrons. The minimum absolute atomic E-state index is 0.153. The van der Waals surface area contributed by atoms with Gasteiger partial charge in [0.2, 0.25) is 0 Å². The SMILES string of the molecule is CC[C@H](C)[C@H](NC(=O)Nc1ccc(C)c(Cl)c1)C(=O)O. The van der Waals surface area contributed by atoms with Gasteiger partial charge in [0, 0.05) is 10.7 Å². The standard InChI is InChI=1S/C14H19ClN2O3/c1-4-8(2)12(13(18)19)17-14(20)16-10-6-5-9(3)11(15)7-10/h5-8,12H,4H2,1-3H3,(H,18,19)(H2,16,17,20)/t8-,12-/m0/s1. The molecule has 0 heterocycles. The van der Waals surface area contributed by atoms with Crippen LogP contribution in [0.15, 0.2) is 18.2 Å². The number of benzene rings is 1. The van der Waals surface area contributed by atoms with E-state index in [9.17, 15) is 9.59 Å². The fourth-order valence-corrected chi connectivity index (χ4v) is 1.84. The maximum atomic E-state index is 11.8. The minimum atomic E-state index is -1.04. The summed E-state index contributed by atoms with van der Waals surface area (Å²) in [5.41, 5.74) is 1.42. The number of amides is 2. The first kappa shape index (κ1) is 16.3. The van der Waals surface area contributed by atoms with Gasteiger partial charge in [-0.05, 0) is 30.5 Å². The molecule has 0 aliphatic rings. The lowest BCUT2D eigenvalue weighted by Gasteiger charge is -2.20. The number of aliphatic carboxylic acids is 1. The Bertz CT molecular complexity index is 505. The van der Waals surface area contributed by atoms with E-state index in [0.29, 0.717) is 17.1 Å². The van der Waals surface area contributed by atoms with Gasteiger partial charge in [-0.2, -0.15) is 0 Å². The molecule has 0 spiro atoms. The number of carboxylic acid groups (broad SMARTS) is 1. The van der Waals surface area contributed by atoms with Gasteiger partial charge in [0.25, 0.3) is 0 Å². The van der Waals surface area contributed by atoms with Crippen LogP contribution in [0.2, 0.25) is 5.02 Å². The molecular weight excluding hydrogens is 280 g/mol. The molecule has 1 aromatic carbocycles. The molecule has 6 heteroatoms. The van der Waals surface area contributed by atoms with E-state index in [0.717, 1.165) is 5.56 Å². The molecule has 0 saturated carbocycles. The van der Waals surface area contributed by atoms with Crippen LogP contribution in [-0.4, -0.2) is 23.1 Å². The number of hydrogen-bond acceptors (Lipinski definition) is 2. The summed E-state index contributed by atoms with van der Waals surface area (Å²) in [5.74, 6) is -1.20. The lowest BCUT2D eigenvalue weighted by atomic mass is 9.99. The highest BCUT2D eigenvalue weighted by atomic mass is 35.5. The van der Waals surface area contributed by atoms with Gasteiger partial charge in [0.05, 0.1) is 0 Å². The molecule has 0 aromatic heterocycles. The molecule has 2 atom stereocenters. The third-order valence-electron chi connectivity index (χ3n) is 3.20. The van der Waals surface area contributed by atoms with Crippen LogP contribution in [0.3, 0.4) is 0 Å². The molecule has 3 N–H and O–H groups in total. The predicted octanol–water partition coefficient (Wildman–Crippen LogP) is 3.27. The Morgan fingerprint density at radius 1 is 1.40 bits per heavy atom. The Balaban J connectivity index is 2.70. The highest BCUT2D eigenvalue weighted by Gasteiger charge is 2.25. The number of carbonyl (C=O) groups excluding carboxylic acids is 1. The van der Waals surface area contributed by atoms with Gasteiger partial charge in [-0.25, -0.2) is 9.59 Å². The van der Waals surface area contributed by atoms with Crippen LogP contribution in [0.5, 0.6) is 0 Å². The Morgan fingerprint density at radius 2 is 2.05 bits per heavy atom. The van der Waals surface area contributed by atoms with E-state index in [2.05, 4.69) is 10.6 Å². The molecular formula is C14H19ClN2O3. The zero-order chi connectivity index (χ0) is 15.3. The Labute approximate surface area is 123 Å². The van der Waals surface area contributed by atoms with E-state index < -0.39 is 18.0 Å². The van der Waals surface area contributed by atoms with E-state index in [-0.39, 0.29) is 5.92 Å². The van der Waals surface area contributed by atoms with Crippen LogP contribution < -0.4 is 10.6 Å². The quantitative estimate of drug-likeness (QED) is 0.780. The fourth-order valence-electron chi connectivity index (χ4n) is 1.66. The van der Waals surface area contributed by atoms with Crippen LogP contribution in [0.25, 0.3) is 0 Å². The summed E-state index contributed by atoms with van der Waals surface area (Å²) in [6, 6.07) is 3.63. The van der Waals surface area contributed by atoms with E-state index in [1.807, 2.05) is 13.8 Å². The van der Waals surface area contributed by atoms with E-state index in [1.165, 1.54) is 0 Å². The second-order valence-electron chi connectivity index (χ2n) is 4.76. The van der Waals surface area contributed by atoms with Crippen molar-refractivity contribution in [1.82, 2.24) is 5.32 Å². The molecule has 0 radical (unpaired) electrons. The molecule has 0 unspecified atom stereocenters. The van der Waals surface area contributed by atoms with Crippen LogP contribution in [0.4, 0.5) is 10.5 Å². The van der Waals surface area contributed by atoms with Crippen molar-refractivity contribution >= 4 is 29.3 Å². The van der Waals surface area contributed by atoms with Crippen molar-refractivity contribution in [2.75, 3.05) is 5.32 Å². The van der Waals surface area contributed by atoms with Gasteiger partial charge in [-0.1, -0.05) is 37.9 Å². The van der Waals surface area contributed by atoms with E-state index in [4.69, 9.17) is 16.7 Å². The lowest BCUT2D eigenvalue weighted by Crippen LogP contribution is -2.46. The summed E-state index contributed by atoms with van der Waals surface area (Å²) in [5, 5.41) is 14.7. The molecule has 0 aliphatic carbocycles. The smallest absolute Gasteiger partial charge is 0.326 e. The zero-order valence-corrected chi connectivity index (χ0v) is 12.5. The predicted molar refractivity (Wildman–Crippen MR) is 79.2 cm³/mol. The van der Waals surface area contributed by atoms with E-state index >= 15 is 0 Å². The average molecular weight is 299 g/mol. The number of rotatable bonds is 5. The summed E-state index contributed by atoms with van der Waals surface area (Å²) in [4.78, 5) is 22.9. The first-order valence-electron chi connectivity index (χ1n) is 6.41. The number of carboxylic acids is 1. The lowest BCUT2D eigenvalue weighted by molar-refractivity contribution is -0.140. The molecule has 1 aromatic rings. The third-order valence-corrected chi connectivity index (χ3v) is 3.60. The van der Waals surface area contributed by atoms with Crippen LogP contribution >= 0.6 is 11.6 Å². The molecule has 2 amide bonds. The van der Waals surface area contributed by atoms with Crippen molar-refractivity contribution in [1.29, 1.82) is 0 Å². The monoisotopic (exact) mass is 298 g/mol. The van der Waals surface area contributed by atoms with Crippen molar-refractivity contribution in [2.45, 2.75) is 33.2 Å². The molecule has 0 saturated heterocycles. The van der Waals surface area contributed by atoms with Gasteiger partial charge in [0.15, 0.2) is 0 Å². The van der Waals surface area contributed by atoms with Crippen molar-refractivity contribution in [3.63, 3.8) is 0 Å². The van der Waals surface area contributed by atoms with Crippen molar-refractivity contribution < 1.29 is 14.7 Å². The number of urea groups is 1. The first-order valence-corrected chi connectivity index (χ1v) is 6.79. The van der Waals surface area contributed by atoms with Gasteiger partial charge >= 0.3 is 12.0 Å². The average Bonchev–Trinajstić information content (AvgIpc) is 2.39. The summed E-state index contributed by atoms with van der Waals surface area (Å²) >= 11 is 5.96. The van der Waals surface area contributed by atoms with Crippen LogP contribution in [0, 0.1) is 12.8 Å². The number of anilines is 1. The summed E-state index contributed by atoms with van der Waals surface area (Å²) in [6.07, 6.45) is 0.660. The van der Waals surface area contributed by atoms with Gasteiger partial charge in [-0.3, -0.25) is 0 Å². The number of carbonyl (C=O) groups is 2. The third kappa shape index (κ3) is 4.42. The number of aryl methyl sites for hydroxylation is 1. The molecule has 1 rings (SSSR count). The highest BCUT2D eigenvalue weighted by Crippen LogP contribution is 2.20. The topological polar surface area (TPSA) is 78.4 Å². The molecule has 0 bridgehead atoms. The summed E-state index contributed by atoms with van der Waals surface area (Å²) in [6.45, 7) is 5.51. The zero-order valence-electron chi connectivity index (χ0n) is 11.7. The molecule has 0 aliphatic heterocycles. The molecule has 20 heavy (non-hydrogen) atoms. The molecule has 0 fully saturated rings. The number of halogens is 1. The van der Waals surface area contributed by atoms with Crippen molar-refractivity contribution in [2.24, 2.45) is 5.92 Å². The number of nitrogens with one attached hydrogen (secondary N) is 2.